The number of rotatable bonds is 22. The van der Waals surface area contributed by atoms with Crippen LogP contribution in [0, 0.1) is 13.8 Å². The normalized spacial score (nSPS) is 13.6. The summed E-state index contributed by atoms with van der Waals surface area (Å²) < 4.78 is 20.6. The van der Waals surface area contributed by atoms with Gasteiger partial charge in [0, 0.05) is 112 Å². The largest absolute Gasteiger partial charge is 0.491 e. The molecular weight excluding hydrogens is 861 g/mol. The van der Waals surface area contributed by atoms with Crippen LogP contribution in [-0.4, -0.2) is 127 Å². The molecule has 17 heteroatoms. The first kappa shape index (κ1) is 47.8. The van der Waals surface area contributed by atoms with Crippen molar-refractivity contribution in [3.8, 4) is 17.3 Å². The lowest BCUT2D eigenvalue weighted by molar-refractivity contribution is 0.0358. The minimum Gasteiger partial charge on any atom is -0.491 e. The highest BCUT2D eigenvalue weighted by Crippen LogP contribution is 2.39. The van der Waals surface area contributed by atoms with Gasteiger partial charge >= 0.3 is 0 Å². The minimum absolute atomic E-state index is 0.0889. The number of primary amides is 1. The summed E-state index contributed by atoms with van der Waals surface area (Å²) in [5.41, 5.74) is 15.0. The van der Waals surface area contributed by atoms with E-state index >= 15 is 0 Å². The number of ether oxygens (including phenoxy) is 2. The minimum atomic E-state index is -0.544. The van der Waals surface area contributed by atoms with Crippen molar-refractivity contribution in [3.05, 3.63) is 94.1 Å². The Hall–Kier alpha value is -6.69. The highest BCUT2D eigenvalue weighted by atomic mass is 16.5. The molecule has 0 saturated carbocycles. The maximum Gasteiger partial charge on any atom is 0.248 e. The molecule has 0 unspecified atom stereocenters. The van der Waals surface area contributed by atoms with E-state index in [-0.39, 0.29) is 6.61 Å². The molecule has 6 heterocycles. The summed E-state index contributed by atoms with van der Waals surface area (Å²) in [5, 5.41) is 21.7. The monoisotopic (exact) mass is 925 g/mol. The lowest BCUT2D eigenvalue weighted by Crippen LogP contribution is -2.37. The summed E-state index contributed by atoms with van der Waals surface area (Å²) in [4.78, 5) is 44.5. The van der Waals surface area contributed by atoms with Gasteiger partial charge in [-0.1, -0.05) is 12.2 Å². The van der Waals surface area contributed by atoms with Crippen LogP contribution in [-0.2, 0) is 43.9 Å². The van der Waals surface area contributed by atoms with Crippen molar-refractivity contribution in [2.24, 2.45) is 10.7 Å². The van der Waals surface area contributed by atoms with Gasteiger partial charge in [0.05, 0.1) is 54.5 Å². The van der Waals surface area contributed by atoms with Crippen LogP contribution in [0.2, 0.25) is 0 Å². The number of aryl methyl sites for hydroxylation is 5. The smallest absolute Gasteiger partial charge is 0.248 e. The van der Waals surface area contributed by atoms with E-state index in [1.54, 1.807) is 13.1 Å². The molecule has 0 bridgehead atoms. The van der Waals surface area contributed by atoms with E-state index in [1.807, 2.05) is 66.8 Å². The molecule has 17 nitrogen and oxygen atoms in total. The van der Waals surface area contributed by atoms with Crippen LogP contribution < -0.4 is 15.4 Å². The van der Waals surface area contributed by atoms with Crippen LogP contribution in [0.5, 0.6) is 5.75 Å². The number of allylic oxidation sites excluding steroid dienone is 2. The van der Waals surface area contributed by atoms with Gasteiger partial charge in [0.2, 0.25) is 5.91 Å². The van der Waals surface area contributed by atoms with E-state index in [2.05, 4.69) is 61.2 Å². The number of carbonyl (C=O) groups is 2. The zero-order valence-corrected chi connectivity index (χ0v) is 40.2. The number of unbranched alkanes of at least 4 members (excludes halogenated alkanes) is 1. The number of aliphatic hydroxyl groups is 1. The lowest BCUT2D eigenvalue weighted by Gasteiger charge is -2.26. The van der Waals surface area contributed by atoms with E-state index in [4.69, 9.17) is 30.3 Å². The first-order valence-corrected chi connectivity index (χ1v) is 23.7. The second-order valence-corrected chi connectivity index (χ2v) is 17.4. The van der Waals surface area contributed by atoms with Gasteiger partial charge in [-0.2, -0.15) is 10.2 Å². The molecule has 5 aromatic heterocycles. The Morgan fingerprint density at radius 1 is 0.926 bits per heavy atom. The molecule has 7 aromatic rings. The molecule has 1 amide bonds. The first-order chi connectivity index (χ1) is 33.1. The molecule has 0 radical (unpaired) electrons. The fraction of sp³-hybridized carbons (Fsp3) is 0.431. The molecule has 68 heavy (non-hydrogen) atoms. The molecule has 1 aliphatic heterocycles. The Bertz CT molecular complexity index is 2990. The molecule has 1 fully saturated rings. The third-order valence-corrected chi connectivity index (χ3v) is 12.7. The van der Waals surface area contributed by atoms with Crippen molar-refractivity contribution < 1.29 is 24.2 Å². The number of aliphatic hydroxyl groups excluding tert-OH is 1. The number of benzene rings is 2. The Labute approximate surface area is 396 Å². The number of amides is 1. The highest BCUT2D eigenvalue weighted by Gasteiger charge is 2.25. The number of anilines is 1. The van der Waals surface area contributed by atoms with Crippen LogP contribution in [0.4, 0.5) is 5.82 Å². The summed E-state index contributed by atoms with van der Waals surface area (Å²) in [5.74, 6) is 1.48. The molecule has 1 saturated heterocycles. The van der Waals surface area contributed by atoms with Crippen LogP contribution in [0.3, 0.4) is 0 Å². The summed E-state index contributed by atoms with van der Waals surface area (Å²) in [6, 6.07) is 11.6. The predicted molar refractivity (Wildman–Crippen MR) is 267 cm³/mol. The second kappa shape index (κ2) is 21.5. The number of hydrogen-bond donors (Lipinski definition) is 2. The number of carbonyl (C=O) groups excluding carboxylic acids is 2. The van der Waals surface area contributed by atoms with E-state index in [0.29, 0.717) is 68.3 Å². The van der Waals surface area contributed by atoms with Crippen molar-refractivity contribution >= 4 is 57.1 Å². The van der Waals surface area contributed by atoms with Crippen molar-refractivity contribution in [3.63, 3.8) is 0 Å². The average molecular weight is 925 g/mol. The summed E-state index contributed by atoms with van der Waals surface area (Å²) >= 11 is 0. The SMILES string of the molecule is CCn1nc(C)cc1CN(C)c1c(/C=N\C)c2cc(C(N)=O)cc(OCCCN3CCOCC3)c2n1C/C=C/Cn1c2nc(-c3cc(C)nn3CC)ncc2c2cc(C=O)cc(CCCCO)c21. The number of nitrogens with two attached hydrogens (primary N) is 1. The Morgan fingerprint density at radius 3 is 2.40 bits per heavy atom. The second-order valence-electron chi connectivity index (χ2n) is 17.4. The Morgan fingerprint density at radius 2 is 1.68 bits per heavy atom. The summed E-state index contributed by atoms with van der Waals surface area (Å²) in [6.45, 7) is 15.6. The molecule has 0 aliphatic carbocycles. The van der Waals surface area contributed by atoms with Gasteiger partial charge in [-0.3, -0.25) is 28.8 Å². The van der Waals surface area contributed by atoms with E-state index < -0.39 is 5.91 Å². The summed E-state index contributed by atoms with van der Waals surface area (Å²) in [6.07, 6.45) is 11.7. The predicted octanol–water partition coefficient (Wildman–Crippen LogP) is 6.52. The Kier molecular flexibility index (Phi) is 15.1. The fourth-order valence-corrected chi connectivity index (χ4v) is 9.61. The zero-order chi connectivity index (χ0) is 47.9. The van der Waals surface area contributed by atoms with Gasteiger partial charge < -0.3 is 34.3 Å². The maximum absolute atomic E-state index is 13.0. The average Bonchev–Trinajstić information content (AvgIpc) is 4.08. The van der Waals surface area contributed by atoms with Crippen LogP contribution in [0.25, 0.3) is 44.4 Å². The molecule has 8 rings (SSSR count). The van der Waals surface area contributed by atoms with E-state index in [1.165, 1.54) is 0 Å². The third kappa shape index (κ3) is 9.96. The lowest BCUT2D eigenvalue weighted by atomic mass is 10.0. The van der Waals surface area contributed by atoms with Gasteiger partial charge in [0.25, 0.3) is 0 Å². The Balaban J connectivity index is 1.25. The maximum atomic E-state index is 13.0. The number of nitrogens with zero attached hydrogens (tertiary/aromatic N) is 11. The van der Waals surface area contributed by atoms with Crippen molar-refractivity contribution in [1.29, 1.82) is 0 Å². The number of fused-ring (bicyclic) bond motifs is 4. The van der Waals surface area contributed by atoms with Crippen LogP contribution in [0.15, 0.2) is 59.7 Å². The number of aliphatic imine (C=N–C) groups is 1. The quantitative estimate of drug-likeness (QED) is 0.0326. The van der Waals surface area contributed by atoms with Crippen molar-refractivity contribution in [2.45, 2.75) is 86.1 Å². The van der Waals surface area contributed by atoms with E-state index in [0.717, 1.165) is 131 Å². The number of aldehydes is 1. The molecule has 1 aliphatic rings. The topological polar surface area (TPSA) is 189 Å². The van der Waals surface area contributed by atoms with E-state index in [9.17, 15) is 14.7 Å². The van der Waals surface area contributed by atoms with Crippen molar-refractivity contribution in [1.82, 2.24) is 43.6 Å². The standard InChI is InChI=1S/C51H64N12O5/c1-7-62-39(24-34(3)56-62)32-58(6)51-43(30-53-5)41-28-38(48(52)66)29-45(68-21-13-15-59-18-22-67-23-19-59)47(41)61(51)17-11-10-16-60-46-37(14-9-12-20-64)26-36(33-65)27-40(46)42-31-54-49(55-50(42)60)44-25-35(4)57-63(44)8-2/h10-11,24-31,33,64H,7-9,12-23,32H2,1-6H3,(H2,52,66)/b11-10+,53-30-. The third-order valence-electron chi connectivity index (χ3n) is 12.7. The van der Waals surface area contributed by atoms with Crippen molar-refractivity contribution in [2.75, 3.05) is 65.1 Å². The molecule has 2 aromatic carbocycles. The fourth-order valence-electron chi connectivity index (χ4n) is 9.61. The molecular formula is C51H64N12O5. The van der Waals surface area contributed by atoms with Crippen LogP contribution >= 0.6 is 0 Å². The number of aromatic nitrogens is 8. The van der Waals surface area contributed by atoms with Gasteiger partial charge in [0.15, 0.2) is 5.82 Å². The molecule has 358 valence electrons. The molecule has 3 N–H and O–H groups in total. The number of morpholine rings is 1. The molecule has 0 spiro atoms. The summed E-state index contributed by atoms with van der Waals surface area (Å²) in [7, 11) is 3.81. The van der Waals surface area contributed by atoms with Gasteiger partial charge in [-0.15, -0.1) is 0 Å². The van der Waals surface area contributed by atoms with Gasteiger partial charge in [-0.25, -0.2) is 9.97 Å². The zero-order valence-electron chi connectivity index (χ0n) is 40.2. The first-order valence-electron chi connectivity index (χ1n) is 23.7. The number of hydrogen-bond acceptors (Lipinski definition) is 12. The van der Waals surface area contributed by atoms with Crippen LogP contribution in [0.1, 0.15) is 82.0 Å². The molecule has 0 atom stereocenters. The van der Waals surface area contributed by atoms with Gasteiger partial charge in [0.1, 0.15) is 29.2 Å². The van der Waals surface area contributed by atoms with Gasteiger partial charge in [-0.05, 0) is 95.3 Å². The highest BCUT2D eigenvalue weighted by molar-refractivity contribution is 6.11.